The van der Waals surface area contributed by atoms with Crippen molar-refractivity contribution in [2.45, 2.75) is 51.5 Å². The van der Waals surface area contributed by atoms with Crippen molar-refractivity contribution in [3.63, 3.8) is 0 Å². The summed E-state index contributed by atoms with van der Waals surface area (Å²) in [5, 5.41) is 0. The van der Waals surface area contributed by atoms with Gasteiger partial charge in [0.05, 0.1) is 0 Å². The molecule has 2 rings (SSSR count). The van der Waals surface area contributed by atoms with E-state index in [-0.39, 0.29) is 0 Å². The Labute approximate surface area is 93.6 Å². The van der Waals surface area contributed by atoms with Crippen LogP contribution in [0.15, 0.2) is 0 Å². The van der Waals surface area contributed by atoms with E-state index in [1.165, 1.54) is 38.5 Å². The monoisotopic (exact) mass is 211 g/mol. The van der Waals surface area contributed by atoms with Crippen molar-refractivity contribution < 1.29 is 4.74 Å². The Balaban J connectivity index is 1.77. The van der Waals surface area contributed by atoms with Crippen LogP contribution >= 0.6 is 0 Å². The molecule has 2 nitrogen and oxygen atoms in total. The fourth-order valence-electron chi connectivity index (χ4n) is 3.35. The van der Waals surface area contributed by atoms with Crippen molar-refractivity contribution in [3.05, 3.63) is 0 Å². The standard InChI is InChI=1S/C13H25NO/c1-10-3-2-4-12(10)13(14)9-11-5-7-15-8-6-11/h10-13H,2-9,14H2,1H3. The minimum Gasteiger partial charge on any atom is -0.381 e. The van der Waals surface area contributed by atoms with Gasteiger partial charge in [-0.15, -0.1) is 0 Å². The highest BCUT2D eigenvalue weighted by molar-refractivity contribution is 4.84. The molecule has 2 N–H and O–H groups in total. The van der Waals surface area contributed by atoms with Gasteiger partial charge in [0.25, 0.3) is 0 Å². The van der Waals surface area contributed by atoms with Crippen molar-refractivity contribution in [1.82, 2.24) is 0 Å². The average Bonchev–Trinajstić information content (AvgIpc) is 2.66. The van der Waals surface area contributed by atoms with Crippen molar-refractivity contribution >= 4 is 0 Å². The van der Waals surface area contributed by atoms with Gasteiger partial charge >= 0.3 is 0 Å². The van der Waals surface area contributed by atoms with E-state index in [0.717, 1.165) is 31.0 Å². The highest BCUT2D eigenvalue weighted by Gasteiger charge is 2.30. The van der Waals surface area contributed by atoms with E-state index in [1.54, 1.807) is 0 Å². The lowest BCUT2D eigenvalue weighted by Crippen LogP contribution is -2.35. The van der Waals surface area contributed by atoms with Gasteiger partial charge in [0.1, 0.15) is 0 Å². The van der Waals surface area contributed by atoms with E-state index in [9.17, 15) is 0 Å². The molecule has 3 atom stereocenters. The molecule has 15 heavy (non-hydrogen) atoms. The third-order valence-electron chi connectivity index (χ3n) is 4.42. The van der Waals surface area contributed by atoms with Crippen LogP contribution in [0.1, 0.15) is 45.4 Å². The molecule has 1 aliphatic heterocycles. The second kappa shape index (κ2) is 5.31. The van der Waals surface area contributed by atoms with Gasteiger partial charge in [-0.05, 0) is 43.4 Å². The molecule has 1 heterocycles. The Bertz CT molecular complexity index is 189. The van der Waals surface area contributed by atoms with E-state index in [1.807, 2.05) is 0 Å². The van der Waals surface area contributed by atoms with Crippen LogP contribution in [0.25, 0.3) is 0 Å². The lowest BCUT2D eigenvalue weighted by atomic mass is 9.83. The summed E-state index contributed by atoms with van der Waals surface area (Å²) in [6.45, 7) is 4.29. The topological polar surface area (TPSA) is 35.2 Å². The third kappa shape index (κ3) is 2.94. The van der Waals surface area contributed by atoms with E-state index in [0.29, 0.717) is 6.04 Å². The molecule has 2 fully saturated rings. The van der Waals surface area contributed by atoms with Crippen LogP contribution in [-0.2, 0) is 4.74 Å². The number of hydrogen-bond donors (Lipinski definition) is 1. The molecule has 1 aliphatic carbocycles. The van der Waals surface area contributed by atoms with Crippen LogP contribution in [0, 0.1) is 17.8 Å². The predicted octanol–water partition coefficient (Wildman–Crippen LogP) is 2.57. The zero-order valence-electron chi connectivity index (χ0n) is 9.95. The van der Waals surface area contributed by atoms with Gasteiger partial charge in [-0.3, -0.25) is 0 Å². The molecule has 0 radical (unpaired) electrons. The van der Waals surface area contributed by atoms with Gasteiger partial charge in [-0.25, -0.2) is 0 Å². The van der Waals surface area contributed by atoms with Gasteiger partial charge < -0.3 is 10.5 Å². The van der Waals surface area contributed by atoms with Crippen LogP contribution in [0.4, 0.5) is 0 Å². The van der Waals surface area contributed by atoms with Crippen LogP contribution in [0.5, 0.6) is 0 Å². The molecule has 1 saturated heterocycles. The average molecular weight is 211 g/mol. The zero-order valence-corrected chi connectivity index (χ0v) is 9.95. The summed E-state index contributed by atoms with van der Waals surface area (Å²) >= 11 is 0. The highest BCUT2D eigenvalue weighted by atomic mass is 16.5. The number of ether oxygens (including phenoxy) is 1. The second-order valence-electron chi connectivity index (χ2n) is 5.53. The second-order valence-corrected chi connectivity index (χ2v) is 5.53. The molecule has 0 spiro atoms. The normalized spacial score (nSPS) is 35.6. The molecule has 88 valence electrons. The number of hydrogen-bond acceptors (Lipinski definition) is 2. The van der Waals surface area contributed by atoms with E-state index >= 15 is 0 Å². The first kappa shape index (κ1) is 11.4. The molecule has 0 aromatic heterocycles. The first-order chi connectivity index (χ1) is 7.27. The summed E-state index contributed by atoms with van der Waals surface area (Å²) in [7, 11) is 0. The number of nitrogens with two attached hydrogens (primary N) is 1. The Morgan fingerprint density at radius 1 is 1.20 bits per heavy atom. The van der Waals surface area contributed by atoms with Gasteiger partial charge in [-0.1, -0.05) is 19.8 Å². The van der Waals surface area contributed by atoms with Crippen LogP contribution in [0.3, 0.4) is 0 Å². The molecule has 0 aromatic rings. The molecule has 3 unspecified atom stereocenters. The summed E-state index contributed by atoms with van der Waals surface area (Å²) in [5.74, 6) is 2.49. The van der Waals surface area contributed by atoms with Gasteiger partial charge in [0.2, 0.25) is 0 Å². The first-order valence-electron chi connectivity index (χ1n) is 6.60. The Hall–Kier alpha value is -0.0800. The van der Waals surface area contributed by atoms with Crippen molar-refractivity contribution in [1.29, 1.82) is 0 Å². The predicted molar refractivity (Wildman–Crippen MR) is 62.6 cm³/mol. The third-order valence-corrected chi connectivity index (χ3v) is 4.42. The maximum absolute atomic E-state index is 6.36. The molecular weight excluding hydrogens is 186 g/mol. The fourth-order valence-corrected chi connectivity index (χ4v) is 3.35. The maximum Gasteiger partial charge on any atom is 0.0468 e. The van der Waals surface area contributed by atoms with E-state index < -0.39 is 0 Å². The van der Waals surface area contributed by atoms with Crippen molar-refractivity contribution in [3.8, 4) is 0 Å². The van der Waals surface area contributed by atoms with Crippen LogP contribution in [0.2, 0.25) is 0 Å². The summed E-state index contributed by atoms with van der Waals surface area (Å²) in [6.07, 6.45) is 7.85. The minimum absolute atomic E-state index is 0.450. The Morgan fingerprint density at radius 2 is 1.93 bits per heavy atom. The SMILES string of the molecule is CC1CCCC1C(N)CC1CCOCC1. The van der Waals surface area contributed by atoms with Gasteiger partial charge in [-0.2, -0.15) is 0 Å². The Morgan fingerprint density at radius 3 is 2.53 bits per heavy atom. The van der Waals surface area contributed by atoms with Gasteiger partial charge in [0, 0.05) is 19.3 Å². The fraction of sp³-hybridized carbons (Fsp3) is 1.00. The van der Waals surface area contributed by atoms with Crippen molar-refractivity contribution in [2.75, 3.05) is 13.2 Å². The van der Waals surface area contributed by atoms with E-state index in [2.05, 4.69) is 6.92 Å². The first-order valence-corrected chi connectivity index (χ1v) is 6.60. The highest BCUT2D eigenvalue weighted by Crippen LogP contribution is 2.35. The number of rotatable bonds is 3. The largest absolute Gasteiger partial charge is 0.381 e. The molecular formula is C13H25NO. The smallest absolute Gasteiger partial charge is 0.0468 e. The summed E-state index contributed by atoms with van der Waals surface area (Å²) < 4.78 is 5.39. The minimum atomic E-state index is 0.450. The van der Waals surface area contributed by atoms with Gasteiger partial charge in [0.15, 0.2) is 0 Å². The molecule has 1 saturated carbocycles. The van der Waals surface area contributed by atoms with Crippen molar-refractivity contribution in [2.24, 2.45) is 23.5 Å². The Kier molecular flexibility index (Phi) is 4.04. The summed E-state index contributed by atoms with van der Waals surface area (Å²) in [6, 6.07) is 0.450. The quantitative estimate of drug-likeness (QED) is 0.778. The van der Waals surface area contributed by atoms with Crippen LogP contribution in [-0.4, -0.2) is 19.3 Å². The van der Waals surface area contributed by atoms with Crippen LogP contribution < -0.4 is 5.73 Å². The lowest BCUT2D eigenvalue weighted by molar-refractivity contribution is 0.0590. The molecule has 0 amide bonds. The van der Waals surface area contributed by atoms with E-state index in [4.69, 9.17) is 10.5 Å². The molecule has 2 heteroatoms. The lowest BCUT2D eigenvalue weighted by Gasteiger charge is -2.29. The molecule has 0 bridgehead atoms. The zero-order chi connectivity index (χ0) is 10.7. The summed E-state index contributed by atoms with van der Waals surface area (Å²) in [4.78, 5) is 0. The molecule has 0 aromatic carbocycles. The summed E-state index contributed by atoms with van der Waals surface area (Å²) in [5.41, 5.74) is 6.36. The maximum atomic E-state index is 6.36. The molecule has 2 aliphatic rings.